The topological polar surface area (TPSA) is 127 Å². The Morgan fingerprint density at radius 2 is 2.00 bits per heavy atom. The Hall–Kier alpha value is -3.79. The average molecular weight is 419 g/mol. The standard InChI is InChI=1S/C18H12ClFN4O5/c1-9-3-2-4-14(24(28)29)15(9)22-16(25)11-8-21-18(27)23(17(11)26)10-5-6-13(20)12(19)7-10/h2-8H,1H3,(H,21,27)(H,22,25). The second-order valence-corrected chi connectivity index (χ2v) is 6.33. The Kier molecular flexibility index (Phi) is 5.29. The number of nitrogens with zero attached hydrogens (tertiary/aromatic N) is 2. The SMILES string of the molecule is Cc1cccc([N+](=O)[O-])c1NC(=O)c1c[nH]c(=O)n(-c2ccc(F)c(Cl)c2)c1=O. The van der Waals surface area contributed by atoms with E-state index < -0.39 is 33.5 Å². The molecule has 2 aromatic carbocycles. The van der Waals surface area contributed by atoms with Gasteiger partial charge in [-0.25, -0.2) is 13.8 Å². The van der Waals surface area contributed by atoms with Crippen LogP contribution in [0.5, 0.6) is 0 Å². The highest BCUT2D eigenvalue weighted by Crippen LogP contribution is 2.27. The molecule has 148 valence electrons. The summed E-state index contributed by atoms with van der Waals surface area (Å²) in [7, 11) is 0. The molecule has 0 atom stereocenters. The fourth-order valence-electron chi connectivity index (χ4n) is 2.64. The summed E-state index contributed by atoms with van der Waals surface area (Å²) >= 11 is 5.70. The average Bonchev–Trinajstić information content (AvgIpc) is 2.66. The van der Waals surface area contributed by atoms with Crippen molar-refractivity contribution in [1.29, 1.82) is 0 Å². The molecule has 0 fully saturated rings. The molecule has 3 aromatic rings. The van der Waals surface area contributed by atoms with E-state index in [2.05, 4.69) is 10.3 Å². The van der Waals surface area contributed by atoms with Crippen LogP contribution in [0.4, 0.5) is 15.8 Å². The number of benzene rings is 2. The summed E-state index contributed by atoms with van der Waals surface area (Å²) in [5.74, 6) is -1.72. The maximum absolute atomic E-state index is 13.4. The third-order valence-electron chi connectivity index (χ3n) is 4.07. The molecule has 0 unspecified atom stereocenters. The fraction of sp³-hybridized carbons (Fsp3) is 0.0556. The van der Waals surface area contributed by atoms with E-state index in [0.717, 1.165) is 24.4 Å². The van der Waals surface area contributed by atoms with Crippen LogP contribution in [0, 0.1) is 22.9 Å². The first-order chi connectivity index (χ1) is 13.7. The number of anilines is 1. The molecule has 0 saturated heterocycles. The molecule has 0 radical (unpaired) electrons. The van der Waals surface area contributed by atoms with Gasteiger partial charge < -0.3 is 10.3 Å². The zero-order chi connectivity index (χ0) is 21.3. The van der Waals surface area contributed by atoms with Gasteiger partial charge in [-0.15, -0.1) is 0 Å². The summed E-state index contributed by atoms with van der Waals surface area (Å²) in [4.78, 5) is 50.2. The van der Waals surface area contributed by atoms with Crippen LogP contribution in [0.25, 0.3) is 5.69 Å². The Morgan fingerprint density at radius 3 is 2.66 bits per heavy atom. The Balaban J connectivity index is 2.09. The lowest BCUT2D eigenvalue weighted by molar-refractivity contribution is -0.384. The monoisotopic (exact) mass is 418 g/mol. The molecule has 29 heavy (non-hydrogen) atoms. The number of rotatable bonds is 4. The van der Waals surface area contributed by atoms with Gasteiger partial charge in [-0.1, -0.05) is 23.7 Å². The number of aromatic amines is 1. The molecule has 0 aliphatic carbocycles. The number of nitrogens with one attached hydrogen (secondary N) is 2. The highest BCUT2D eigenvalue weighted by molar-refractivity contribution is 6.30. The van der Waals surface area contributed by atoms with E-state index >= 15 is 0 Å². The van der Waals surface area contributed by atoms with Gasteiger partial charge in [0.05, 0.1) is 15.6 Å². The number of carbonyl (C=O) groups excluding carboxylic acids is 1. The highest BCUT2D eigenvalue weighted by Gasteiger charge is 2.22. The summed E-state index contributed by atoms with van der Waals surface area (Å²) in [6.45, 7) is 1.55. The third kappa shape index (κ3) is 3.78. The maximum Gasteiger partial charge on any atom is 0.333 e. The van der Waals surface area contributed by atoms with E-state index in [1.165, 1.54) is 12.1 Å². The molecule has 11 heteroatoms. The van der Waals surface area contributed by atoms with Crippen LogP contribution in [0.1, 0.15) is 15.9 Å². The van der Waals surface area contributed by atoms with Gasteiger partial charge in [0.2, 0.25) is 0 Å². The van der Waals surface area contributed by atoms with Crippen molar-refractivity contribution in [2.75, 3.05) is 5.32 Å². The van der Waals surface area contributed by atoms with Gasteiger partial charge in [0.1, 0.15) is 17.1 Å². The number of aromatic nitrogens is 2. The minimum atomic E-state index is -1.01. The molecule has 0 bridgehead atoms. The van der Waals surface area contributed by atoms with Gasteiger partial charge in [0.15, 0.2) is 0 Å². The normalized spacial score (nSPS) is 10.6. The minimum Gasteiger partial charge on any atom is -0.316 e. The van der Waals surface area contributed by atoms with Gasteiger partial charge in [-0.05, 0) is 30.7 Å². The van der Waals surface area contributed by atoms with Gasteiger partial charge in [0.25, 0.3) is 17.2 Å². The van der Waals surface area contributed by atoms with E-state index in [0.29, 0.717) is 10.1 Å². The number of H-pyrrole nitrogens is 1. The number of nitro groups is 1. The lowest BCUT2D eigenvalue weighted by atomic mass is 10.1. The number of carbonyl (C=O) groups is 1. The van der Waals surface area contributed by atoms with Crippen molar-refractivity contribution < 1.29 is 14.1 Å². The highest BCUT2D eigenvalue weighted by atomic mass is 35.5. The number of nitro benzene ring substituents is 1. The fourth-order valence-corrected chi connectivity index (χ4v) is 2.82. The van der Waals surface area contributed by atoms with Crippen LogP contribution in [0.2, 0.25) is 5.02 Å². The summed E-state index contributed by atoms with van der Waals surface area (Å²) in [5, 5.41) is 13.2. The molecule has 0 aliphatic heterocycles. The first kappa shape index (κ1) is 20.0. The van der Waals surface area contributed by atoms with Gasteiger partial charge >= 0.3 is 5.69 Å². The second-order valence-electron chi connectivity index (χ2n) is 5.93. The molecule has 0 spiro atoms. The van der Waals surface area contributed by atoms with Crippen molar-refractivity contribution in [3.63, 3.8) is 0 Å². The van der Waals surface area contributed by atoms with Crippen molar-refractivity contribution in [2.45, 2.75) is 6.92 Å². The van der Waals surface area contributed by atoms with Crippen molar-refractivity contribution in [1.82, 2.24) is 9.55 Å². The predicted octanol–water partition coefficient (Wildman–Crippen LogP) is 2.79. The number of halogens is 2. The minimum absolute atomic E-state index is 0.0563. The van der Waals surface area contributed by atoms with Crippen molar-refractivity contribution >= 4 is 28.9 Å². The van der Waals surface area contributed by atoms with Gasteiger partial charge in [0, 0.05) is 12.3 Å². The van der Waals surface area contributed by atoms with Crippen molar-refractivity contribution in [3.8, 4) is 5.69 Å². The summed E-state index contributed by atoms with van der Waals surface area (Å²) in [5.41, 5.74) is -2.46. The molecule has 9 nitrogen and oxygen atoms in total. The number of aryl methyl sites for hydroxylation is 1. The molecular weight excluding hydrogens is 407 g/mol. The van der Waals surface area contributed by atoms with Crippen LogP contribution in [0.3, 0.4) is 0 Å². The third-order valence-corrected chi connectivity index (χ3v) is 4.36. The number of hydrogen-bond acceptors (Lipinski definition) is 5. The van der Waals surface area contributed by atoms with E-state index in [4.69, 9.17) is 11.6 Å². The Labute approximate surface area is 166 Å². The molecule has 2 N–H and O–H groups in total. The zero-order valence-corrected chi connectivity index (χ0v) is 15.5. The second kappa shape index (κ2) is 7.68. The molecule has 1 amide bonds. The quantitative estimate of drug-likeness (QED) is 0.497. The van der Waals surface area contributed by atoms with Gasteiger partial charge in [-0.3, -0.25) is 19.7 Å². The first-order valence-electron chi connectivity index (χ1n) is 8.06. The van der Waals surface area contributed by atoms with E-state index in [1.54, 1.807) is 13.0 Å². The van der Waals surface area contributed by atoms with Crippen LogP contribution in [-0.2, 0) is 0 Å². The summed E-state index contributed by atoms with van der Waals surface area (Å²) in [6, 6.07) is 7.37. The van der Waals surface area contributed by atoms with Gasteiger partial charge in [-0.2, -0.15) is 0 Å². The maximum atomic E-state index is 13.4. The zero-order valence-electron chi connectivity index (χ0n) is 14.7. The summed E-state index contributed by atoms with van der Waals surface area (Å²) in [6.07, 6.45) is 0.895. The first-order valence-corrected chi connectivity index (χ1v) is 8.44. The smallest absolute Gasteiger partial charge is 0.316 e. The Bertz CT molecular complexity index is 1270. The van der Waals surface area contributed by atoms with Crippen LogP contribution < -0.4 is 16.6 Å². The molecular formula is C18H12ClFN4O5. The number of hydrogen-bond donors (Lipinski definition) is 2. The lowest BCUT2D eigenvalue weighted by Crippen LogP contribution is -2.38. The predicted molar refractivity (Wildman–Crippen MR) is 103 cm³/mol. The molecule has 1 heterocycles. The number of para-hydroxylation sites is 1. The van der Waals surface area contributed by atoms with E-state index in [-0.39, 0.29) is 22.1 Å². The van der Waals surface area contributed by atoms with Crippen LogP contribution in [-0.4, -0.2) is 20.4 Å². The number of amides is 1. The van der Waals surface area contributed by atoms with E-state index in [1.807, 2.05) is 0 Å². The van der Waals surface area contributed by atoms with Crippen LogP contribution >= 0.6 is 11.6 Å². The molecule has 1 aromatic heterocycles. The Morgan fingerprint density at radius 1 is 1.28 bits per heavy atom. The summed E-state index contributed by atoms with van der Waals surface area (Å²) < 4.78 is 14.0. The molecule has 0 saturated carbocycles. The molecule has 0 aliphatic rings. The largest absolute Gasteiger partial charge is 0.333 e. The van der Waals surface area contributed by atoms with E-state index in [9.17, 15) is 28.9 Å². The molecule has 3 rings (SSSR count). The lowest BCUT2D eigenvalue weighted by Gasteiger charge is -2.10. The van der Waals surface area contributed by atoms with Crippen molar-refractivity contribution in [2.24, 2.45) is 0 Å². The van der Waals surface area contributed by atoms with Crippen molar-refractivity contribution in [3.05, 3.63) is 95.5 Å². The van der Waals surface area contributed by atoms with Crippen LogP contribution in [0.15, 0.2) is 52.2 Å².